The van der Waals surface area contributed by atoms with Crippen molar-refractivity contribution < 1.29 is 0 Å². The summed E-state index contributed by atoms with van der Waals surface area (Å²) < 4.78 is 0. The van der Waals surface area contributed by atoms with E-state index < -0.39 is 0 Å². The second-order valence-electron chi connectivity index (χ2n) is 3.14. The molecule has 1 aromatic rings. The highest BCUT2D eigenvalue weighted by atomic mass is 15.5. The fourth-order valence-electron chi connectivity index (χ4n) is 1.43. The molecular formula is C11H14N2. The standard InChI is InChI=1S/C11H14N2/c1-2-10-4-6-11(7-5-10)13-9-3-8-12-13/h3-7,9,12H,2,8H2,1H3. The molecule has 0 bridgehead atoms. The van der Waals surface area contributed by atoms with Crippen molar-refractivity contribution in [2.75, 3.05) is 11.6 Å². The maximum Gasteiger partial charge on any atom is 0.0570 e. The lowest BCUT2D eigenvalue weighted by Crippen LogP contribution is -2.27. The molecule has 0 saturated heterocycles. The first-order valence-electron chi connectivity index (χ1n) is 4.68. The van der Waals surface area contributed by atoms with Crippen LogP contribution in [0.3, 0.4) is 0 Å². The van der Waals surface area contributed by atoms with Crippen molar-refractivity contribution in [2.24, 2.45) is 0 Å². The molecule has 0 radical (unpaired) electrons. The van der Waals surface area contributed by atoms with Crippen molar-refractivity contribution in [3.05, 3.63) is 42.1 Å². The number of nitrogens with zero attached hydrogens (tertiary/aromatic N) is 1. The second-order valence-corrected chi connectivity index (χ2v) is 3.14. The number of aryl methyl sites for hydroxylation is 1. The highest BCUT2D eigenvalue weighted by Crippen LogP contribution is 2.15. The molecular weight excluding hydrogens is 160 g/mol. The average Bonchev–Trinajstić information content (AvgIpc) is 2.71. The number of hydrogen-bond donors (Lipinski definition) is 1. The Bertz CT molecular complexity index is 300. The molecule has 0 aromatic heterocycles. The van der Waals surface area contributed by atoms with Gasteiger partial charge in [-0.25, -0.2) is 5.43 Å². The van der Waals surface area contributed by atoms with Crippen LogP contribution in [0.1, 0.15) is 12.5 Å². The number of anilines is 1. The van der Waals surface area contributed by atoms with E-state index in [9.17, 15) is 0 Å². The van der Waals surface area contributed by atoms with Gasteiger partial charge in [0.15, 0.2) is 0 Å². The molecule has 1 heterocycles. The number of hydrogen-bond acceptors (Lipinski definition) is 2. The molecule has 0 atom stereocenters. The van der Waals surface area contributed by atoms with E-state index in [4.69, 9.17) is 0 Å². The first-order valence-corrected chi connectivity index (χ1v) is 4.68. The summed E-state index contributed by atoms with van der Waals surface area (Å²) in [6.45, 7) is 3.10. The predicted octanol–water partition coefficient (Wildman–Crippen LogP) is 2.09. The summed E-state index contributed by atoms with van der Waals surface area (Å²) in [5, 5.41) is 2.04. The average molecular weight is 174 g/mol. The van der Waals surface area contributed by atoms with Crippen LogP contribution in [0.5, 0.6) is 0 Å². The van der Waals surface area contributed by atoms with Gasteiger partial charge in [-0.3, -0.25) is 5.01 Å². The quantitative estimate of drug-likeness (QED) is 0.738. The lowest BCUT2D eigenvalue weighted by Gasteiger charge is -2.16. The van der Waals surface area contributed by atoms with E-state index in [1.165, 1.54) is 11.3 Å². The number of benzene rings is 1. The minimum atomic E-state index is 0.926. The van der Waals surface area contributed by atoms with E-state index in [0.717, 1.165) is 13.0 Å². The van der Waals surface area contributed by atoms with Crippen molar-refractivity contribution >= 4 is 5.69 Å². The Kier molecular flexibility index (Phi) is 2.32. The van der Waals surface area contributed by atoms with Gasteiger partial charge in [-0.1, -0.05) is 25.1 Å². The van der Waals surface area contributed by atoms with Gasteiger partial charge < -0.3 is 0 Å². The van der Waals surface area contributed by atoms with Gasteiger partial charge in [-0.05, 0) is 24.1 Å². The van der Waals surface area contributed by atoms with Crippen LogP contribution in [0.4, 0.5) is 5.69 Å². The molecule has 1 N–H and O–H groups in total. The van der Waals surface area contributed by atoms with Crippen molar-refractivity contribution in [1.82, 2.24) is 5.43 Å². The SMILES string of the molecule is CCc1ccc(N2C=CCN2)cc1. The number of rotatable bonds is 2. The summed E-state index contributed by atoms with van der Waals surface area (Å²) in [4.78, 5) is 0. The predicted molar refractivity (Wildman–Crippen MR) is 55.4 cm³/mol. The van der Waals surface area contributed by atoms with Gasteiger partial charge in [-0.15, -0.1) is 0 Å². The molecule has 2 rings (SSSR count). The Hall–Kier alpha value is -1.28. The molecule has 68 valence electrons. The zero-order chi connectivity index (χ0) is 9.10. The number of hydrazine groups is 1. The van der Waals surface area contributed by atoms with Crippen LogP contribution >= 0.6 is 0 Å². The van der Waals surface area contributed by atoms with Crippen LogP contribution in [0.15, 0.2) is 36.5 Å². The van der Waals surface area contributed by atoms with Crippen LogP contribution in [0.2, 0.25) is 0 Å². The summed E-state index contributed by atoms with van der Waals surface area (Å²) in [7, 11) is 0. The Morgan fingerprint density at radius 2 is 2.08 bits per heavy atom. The van der Waals surface area contributed by atoms with Crippen LogP contribution in [0.25, 0.3) is 0 Å². The van der Waals surface area contributed by atoms with Crippen molar-refractivity contribution in [3.8, 4) is 0 Å². The largest absolute Gasteiger partial charge is 0.284 e. The van der Waals surface area contributed by atoms with Gasteiger partial charge in [0, 0.05) is 12.7 Å². The van der Waals surface area contributed by atoms with Crippen LogP contribution < -0.4 is 10.4 Å². The van der Waals surface area contributed by atoms with Gasteiger partial charge in [0.1, 0.15) is 0 Å². The number of nitrogens with one attached hydrogen (secondary N) is 1. The van der Waals surface area contributed by atoms with E-state index in [1.807, 2.05) is 5.01 Å². The van der Waals surface area contributed by atoms with Crippen molar-refractivity contribution in [3.63, 3.8) is 0 Å². The Labute approximate surface area is 78.8 Å². The molecule has 0 amide bonds. The molecule has 0 fully saturated rings. The van der Waals surface area contributed by atoms with E-state index in [-0.39, 0.29) is 0 Å². The molecule has 0 spiro atoms. The molecule has 0 saturated carbocycles. The lowest BCUT2D eigenvalue weighted by molar-refractivity contribution is 0.814. The van der Waals surface area contributed by atoms with E-state index in [2.05, 4.69) is 48.9 Å². The zero-order valence-corrected chi connectivity index (χ0v) is 7.83. The summed E-state index contributed by atoms with van der Waals surface area (Å²) in [6, 6.07) is 8.62. The highest BCUT2D eigenvalue weighted by Gasteiger charge is 2.04. The smallest absolute Gasteiger partial charge is 0.0570 e. The molecule has 2 heteroatoms. The highest BCUT2D eigenvalue weighted by molar-refractivity contribution is 5.50. The minimum Gasteiger partial charge on any atom is -0.284 e. The molecule has 0 unspecified atom stereocenters. The van der Waals surface area contributed by atoms with Gasteiger partial charge in [0.05, 0.1) is 5.69 Å². The molecule has 1 aliphatic heterocycles. The van der Waals surface area contributed by atoms with Crippen LogP contribution in [0, 0.1) is 0 Å². The molecule has 13 heavy (non-hydrogen) atoms. The van der Waals surface area contributed by atoms with Gasteiger partial charge in [0.25, 0.3) is 0 Å². The Morgan fingerprint density at radius 1 is 1.31 bits per heavy atom. The van der Waals surface area contributed by atoms with Gasteiger partial charge >= 0.3 is 0 Å². The summed E-state index contributed by atoms with van der Waals surface area (Å²) in [5.74, 6) is 0. The molecule has 2 nitrogen and oxygen atoms in total. The topological polar surface area (TPSA) is 15.3 Å². The van der Waals surface area contributed by atoms with Gasteiger partial charge in [-0.2, -0.15) is 0 Å². The van der Waals surface area contributed by atoms with Crippen LogP contribution in [-0.2, 0) is 6.42 Å². The lowest BCUT2D eigenvalue weighted by atomic mass is 10.1. The summed E-state index contributed by atoms with van der Waals surface area (Å²) in [5.41, 5.74) is 5.81. The first-order chi connectivity index (χ1) is 6.40. The maximum atomic E-state index is 3.23. The van der Waals surface area contributed by atoms with E-state index >= 15 is 0 Å². The third-order valence-electron chi connectivity index (χ3n) is 2.26. The monoisotopic (exact) mass is 174 g/mol. The van der Waals surface area contributed by atoms with E-state index in [0.29, 0.717) is 0 Å². The third kappa shape index (κ3) is 1.73. The summed E-state index contributed by atoms with van der Waals surface area (Å²) >= 11 is 0. The minimum absolute atomic E-state index is 0.926. The molecule has 1 aliphatic rings. The zero-order valence-electron chi connectivity index (χ0n) is 7.83. The van der Waals surface area contributed by atoms with E-state index in [1.54, 1.807) is 0 Å². The van der Waals surface area contributed by atoms with Crippen LogP contribution in [-0.4, -0.2) is 6.54 Å². The fraction of sp³-hybridized carbons (Fsp3) is 0.273. The normalized spacial score (nSPS) is 15.3. The fourth-order valence-corrected chi connectivity index (χ4v) is 1.43. The van der Waals surface area contributed by atoms with Gasteiger partial charge in [0.2, 0.25) is 0 Å². The molecule has 1 aromatic carbocycles. The Balaban J connectivity index is 2.17. The maximum absolute atomic E-state index is 3.23. The Morgan fingerprint density at radius 3 is 2.62 bits per heavy atom. The second kappa shape index (κ2) is 3.62. The van der Waals surface area contributed by atoms with Crippen molar-refractivity contribution in [1.29, 1.82) is 0 Å². The third-order valence-corrected chi connectivity index (χ3v) is 2.26. The summed E-state index contributed by atoms with van der Waals surface area (Å²) in [6.07, 6.45) is 5.26. The molecule has 0 aliphatic carbocycles. The first kappa shape index (κ1) is 8.32. The van der Waals surface area contributed by atoms with Crippen molar-refractivity contribution in [2.45, 2.75) is 13.3 Å².